The Labute approximate surface area is 117 Å². The molecular formula is C11H16BrNO4S. The fourth-order valence-corrected chi connectivity index (χ4v) is 2.66. The monoisotopic (exact) mass is 337 g/mol. The van der Waals surface area contributed by atoms with Crippen LogP contribution < -0.4 is 4.72 Å². The molecule has 0 spiro atoms. The van der Waals surface area contributed by atoms with Gasteiger partial charge in [0.2, 0.25) is 0 Å². The summed E-state index contributed by atoms with van der Waals surface area (Å²) in [5.74, 6) is 0. The SMILES string of the molecule is Cc1cc(S(=O)NC(CO)(CO)CO)ccc1Br. The molecule has 1 aromatic rings. The molecule has 0 fully saturated rings. The fraction of sp³-hybridized carbons (Fsp3) is 0.455. The zero-order valence-electron chi connectivity index (χ0n) is 9.89. The van der Waals surface area contributed by atoms with Crippen LogP contribution in [-0.2, 0) is 11.0 Å². The summed E-state index contributed by atoms with van der Waals surface area (Å²) >= 11 is 3.34. The lowest BCUT2D eigenvalue weighted by atomic mass is 10.1. The predicted molar refractivity (Wildman–Crippen MR) is 72.4 cm³/mol. The first kappa shape index (κ1) is 15.7. The summed E-state index contributed by atoms with van der Waals surface area (Å²) in [5.41, 5.74) is -0.434. The van der Waals surface area contributed by atoms with E-state index in [1.165, 1.54) is 0 Å². The summed E-state index contributed by atoms with van der Waals surface area (Å²) in [6, 6.07) is 5.16. The van der Waals surface area contributed by atoms with Crippen molar-refractivity contribution in [3.8, 4) is 0 Å². The zero-order chi connectivity index (χ0) is 13.8. The normalized spacial score (nSPS) is 13.6. The van der Waals surface area contributed by atoms with Crippen molar-refractivity contribution in [2.24, 2.45) is 0 Å². The van der Waals surface area contributed by atoms with Crippen LogP contribution in [0.15, 0.2) is 27.6 Å². The molecule has 0 saturated heterocycles. The topological polar surface area (TPSA) is 89.8 Å². The molecule has 0 amide bonds. The van der Waals surface area contributed by atoms with E-state index in [1.807, 2.05) is 6.92 Å². The number of rotatable bonds is 6. The van der Waals surface area contributed by atoms with E-state index in [9.17, 15) is 4.21 Å². The molecule has 1 rings (SSSR count). The standard InChI is InChI=1S/C11H16BrNO4S/c1-8-4-9(2-3-10(8)12)18(17)13-11(5-14,6-15)7-16/h2-4,13-16H,5-7H2,1H3. The van der Waals surface area contributed by atoms with Crippen LogP contribution in [0.4, 0.5) is 0 Å². The van der Waals surface area contributed by atoms with E-state index in [1.54, 1.807) is 18.2 Å². The van der Waals surface area contributed by atoms with Gasteiger partial charge in [-0.3, -0.25) is 0 Å². The first-order valence-corrected chi connectivity index (χ1v) is 7.20. The van der Waals surface area contributed by atoms with Crippen LogP contribution in [0.5, 0.6) is 0 Å². The maximum atomic E-state index is 12.1. The maximum Gasteiger partial charge on any atom is 0.125 e. The van der Waals surface area contributed by atoms with Crippen molar-refractivity contribution in [3.05, 3.63) is 28.2 Å². The third kappa shape index (κ3) is 3.59. The highest BCUT2D eigenvalue weighted by Crippen LogP contribution is 2.19. The van der Waals surface area contributed by atoms with Gasteiger partial charge in [-0.2, -0.15) is 0 Å². The van der Waals surface area contributed by atoms with Gasteiger partial charge in [0.15, 0.2) is 0 Å². The summed E-state index contributed by atoms with van der Waals surface area (Å²) in [4.78, 5) is 0.510. The van der Waals surface area contributed by atoms with Crippen molar-refractivity contribution >= 4 is 26.9 Å². The van der Waals surface area contributed by atoms with Crippen molar-refractivity contribution in [2.75, 3.05) is 19.8 Å². The van der Waals surface area contributed by atoms with Gasteiger partial charge in [0.1, 0.15) is 11.0 Å². The molecule has 18 heavy (non-hydrogen) atoms. The van der Waals surface area contributed by atoms with E-state index in [-0.39, 0.29) is 0 Å². The summed E-state index contributed by atoms with van der Waals surface area (Å²) in [6.45, 7) is 0.325. The van der Waals surface area contributed by atoms with Gasteiger partial charge < -0.3 is 15.3 Å². The lowest BCUT2D eigenvalue weighted by Gasteiger charge is -2.27. The average Bonchev–Trinajstić information content (AvgIpc) is 2.39. The second-order valence-corrected chi connectivity index (χ2v) is 6.10. The zero-order valence-corrected chi connectivity index (χ0v) is 12.3. The van der Waals surface area contributed by atoms with Crippen molar-refractivity contribution in [1.82, 2.24) is 4.72 Å². The Bertz CT molecular complexity index is 429. The van der Waals surface area contributed by atoms with Crippen molar-refractivity contribution < 1.29 is 19.5 Å². The highest BCUT2D eigenvalue weighted by atomic mass is 79.9. The minimum absolute atomic E-state index is 0.510. The molecule has 0 aliphatic carbocycles. The van der Waals surface area contributed by atoms with Crippen LogP contribution in [0.3, 0.4) is 0 Å². The van der Waals surface area contributed by atoms with Gasteiger partial charge in [0.05, 0.1) is 30.3 Å². The van der Waals surface area contributed by atoms with Crippen LogP contribution in [0, 0.1) is 6.92 Å². The molecular weight excluding hydrogens is 322 g/mol. The average molecular weight is 338 g/mol. The van der Waals surface area contributed by atoms with Crippen LogP contribution in [0.25, 0.3) is 0 Å². The quantitative estimate of drug-likeness (QED) is 0.592. The van der Waals surface area contributed by atoms with Crippen LogP contribution in [0.1, 0.15) is 5.56 Å². The number of aryl methyl sites for hydroxylation is 1. The highest BCUT2D eigenvalue weighted by molar-refractivity contribution is 9.10. The van der Waals surface area contributed by atoms with Gasteiger partial charge in [-0.1, -0.05) is 15.9 Å². The second kappa shape index (κ2) is 6.74. The number of aliphatic hydroxyl groups is 3. The minimum atomic E-state index is -1.62. The van der Waals surface area contributed by atoms with E-state index in [0.29, 0.717) is 4.90 Å². The summed E-state index contributed by atoms with van der Waals surface area (Å²) in [5, 5.41) is 27.4. The molecule has 4 N–H and O–H groups in total. The van der Waals surface area contributed by atoms with E-state index < -0.39 is 36.3 Å². The molecule has 5 nitrogen and oxygen atoms in total. The van der Waals surface area contributed by atoms with E-state index >= 15 is 0 Å². The van der Waals surface area contributed by atoms with Gasteiger partial charge in [-0.25, -0.2) is 8.93 Å². The van der Waals surface area contributed by atoms with Crippen LogP contribution >= 0.6 is 15.9 Å². The van der Waals surface area contributed by atoms with E-state index in [0.717, 1.165) is 10.0 Å². The largest absolute Gasteiger partial charge is 0.394 e. The number of hydrogen-bond acceptors (Lipinski definition) is 4. The maximum absolute atomic E-state index is 12.1. The minimum Gasteiger partial charge on any atom is -0.394 e. The van der Waals surface area contributed by atoms with Crippen molar-refractivity contribution in [1.29, 1.82) is 0 Å². The molecule has 0 heterocycles. The predicted octanol–water partition coefficient (Wildman–Crippen LogP) is 0.0854. The number of hydrogen-bond donors (Lipinski definition) is 4. The van der Waals surface area contributed by atoms with Gasteiger partial charge in [0, 0.05) is 4.47 Å². The molecule has 0 aliphatic rings. The Balaban J connectivity index is 2.90. The third-order valence-corrected chi connectivity index (χ3v) is 4.75. The molecule has 7 heteroatoms. The van der Waals surface area contributed by atoms with Gasteiger partial charge in [-0.05, 0) is 30.7 Å². The van der Waals surface area contributed by atoms with Gasteiger partial charge >= 0.3 is 0 Å². The molecule has 1 aromatic carbocycles. The Hall–Kier alpha value is -0.310. The molecule has 1 unspecified atom stereocenters. The number of benzene rings is 1. The van der Waals surface area contributed by atoms with E-state index in [2.05, 4.69) is 20.7 Å². The summed E-state index contributed by atoms with van der Waals surface area (Å²) < 4.78 is 15.5. The Morgan fingerprint density at radius 3 is 2.28 bits per heavy atom. The van der Waals surface area contributed by atoms with E-state index in [4.69, 9.17) is 15.3 Å². The van der Waals surface area contributed by atoms with Gasteiger partial charge in [0.25, 0.3) is 0 Å². The number of aliphatic hydroxyl groups excluding tert-OH is 3. The molecule has 0 aromatic heterocycles. The Kier molecular flexibility index (Phi) is 5.90. The number of halogens is 1. The lowest BCUT2D eigenvalue weighted by Crippen LogP contribution is -2.55. The van der Waals surface area contributed by atoms with Crippen molar-refractivity contribution in [3.63, 3.8) is 0 Å². The van der Waals surface area contributed by atoms with Gasteiger partial charge in [-0.15, -0.1) is 0 Å². The third-order valence-electron chi connectivity index (χ3n) is 2.56. The smallest absolute Gasteiger partial charge is 0.125 e. The first-order chi connectivity index (χ1) is 8.48. The summed E-state index contributed by atoms with van der Waals surface area (Å²) in [6.07, 6.45) is 0. The lowest BCUT2D eigenvalue weighted by molar-refractivity contribution is 0.0592. The van der Waals surface area contributed by atoms with Crippen LogP contribution in [0.2, 0.25) is 0 Å². The highest BCUT2D eigenvalue weighted by Gasteiger charge is 2.30. The Morgan fingerprint density at radius 1 is 1.28 bits per heavy atom. The molecule has 0 aliphatic heterocycles. The molecule has 0 saturated carbocycles. The van der Waals surface area contributed by atoms with Crippen molar-refractivity contribution in [2.45, 2.75) is 17.4 Å². The first-order valence-electron chi connectivity index (χ1n) is 5.26. The van der Waals surface area contributed by atoms with Crippen LogP contribution in [-0.4, -0.2) is 44.9 Å². The number of nitrogens with one attached hydrogen (secondary N) is 1. The second-order valence-electron chi connectivity index (χ2n) is 4.04. The molecule has 0 radical (unpaired) electrons. The molecule has 1 atom stereocenters. The Morgan fingerprint density at radius 2 is 1.83 bits per heavy atom. The molecule has 0 bridgehead atoms. The summed E-state index contributed by atoms with van der Waals surface area (Å²) in [7, 11) is -1.62. The molecule has 102 valence electrons. The fourth-order valence-electron chi connectivity index (χ4n) is 1.23.